The van der Waals surface area contributed by atoms with Gasteiger partial charge in [-0.2, -0.15) is 0 Å². The van der Waals surface area contributed by atoms with E-state index in [1.165, 1.54) is 12.1 Å². The van der Waals surface area contributed by atoms with Crippen molar-refractivity contribution in [1.82, 2.24) is 4.57 Å². The lowest BCUT2D eigenvalue weighted by Crippen LogP contribution is -2.15. The highest BCUT2D eigenvalue weighted by molar-refractivity contribution is 7.92. The van der Waals surface area contributed by atoms with E-state index in [-0.39, 0.29) is 17.3 Å². The van der Waals surface area contributed by atoms with Gasteiger partial charge < -0.3 is 14.3 Å². The van der Waals surface area contributed by atoms with Crippen LogP contribution in [0, 0.1) is 19.7 Å². The zero-order chi connectivity index (χ0) is 20.5. The van der Waals surface area contributed by atoms with Crippen LogP contribution in [-0.4, -0.2) is 25.1 Å². The minimum Gasteiger partial charge on any atom is -0.467 e. The van der Waals surface area contributed by atoms with Gasteiger partial charge in [0.15, 0.2) is 0 Å². The number of rotatable bonds is 6. The van der Waals surface area contributed by atoms with Crippen LogP contribution < -0.4 is 10.0 Å². The second-order valence-corrected chi connectivity index (χ2v) is 8.22. The lowest BCUT2D eigenvalue weighted by molar-refractivity contribution is 0.102. The molecule has 0 radical (unpaired) electrons. The molecule has 2 aromatic heterocycles. The normalized spacial score (nSPS) is 11.4. The number of benzene rings is 1. The number of nitrogens with one attached hydrogen (secondary N) is 2. The van der Waals surface area contributed by atoms with Crippen LogP contribution in [0.3, 0.4) is 0 Å². The molecule has 28 heavy (non-hydrogen) atoms. The molecule has 0 aliphatic rings. The molecule has 9 heteroatoms. The highest BCUT2D eigenvalue weighted by Crippen LogP contribution is 2.23. The van der Waals surface area contributed by atoms with E-state index < -0.39 is 15.8 Å². The van der Waals surface area contributed by atoms with Gasteiger partial charge in [-0.25, -0.2) is 12.8 Å². The number of hydrogen-bond acceptors (Lipinski definition) is 4. The van der Waals surface area contributed by atoms with Crippen molar-refractivity contribution in [2.45, 2.75) is 20.4 Å². The number of furan rings is 1. The molecular weight excluding hydrogens is 385 g/mol. The monoisotopic (exact) mass is 405 g/mol. The summed E-state index contributed by atoms with van der Waals surface area (Å²) >= 11 is 0. The third kappa shape index (κ3) is 4.42. The van der Waals surface area contributed by atoms with Gasteiger partial charge in [0.2, 0.25) is 10.0 Å². The Kier molecular flexibility index (Phi) is 5.28. The highest BCUT2D eigenvalue weighted by atomic mass is 32.2. The zero-order valence-corrected chi connectivity index (χ0v) is 16.4. The first kappa shape index (κ1) is 19.7. The van der Waals surface area contributed by atoms with Crippen LogP contribution in [0.2, 0.25) is 0 Å². The summed E-state index contributed by atoms with van der Waals surface area (Å²) in [5, 5.41) is 2.67. The molecule has 0 saturated heterocycles. The van der Waals surface area contributed by atoms with Crippen LogP contribution in [-0.2, 0) is 16.6 Å². The second kappa shape index (κ2) is 7.51. The lowest BCUT2D eigenvalue weighted by Gasteiger charge is -2.10. The van der Waals surface area contributed by atoms with Crippen molar-refractivity contribution in [2.24, 2.45) is 0 Å². The quantitative estimate of drug-likeness (QED) is 0.656. The van der Waals surface area contributed by atoms with Gasteiger partial charge in [0, 0.05) is 17.1 Å². The van der Waals surface area contributed by atoms with E-state index in [2.05, 4.69) is 10.0 Å². The molecule has 3 rings (SSSR count). The Balaban J connectivity index is 1.83. The summed E-state index contributed by atoms with van der Waals surface area (Å²) in [5.74, 6) is -0.348. The smallest absolute Gasteiger partial charge is 0.257 e. The highest BCUT2D eigenvalue weighted by Gasteiger charge is 2.17. The van der Waals surface area contributed by atoms with Crippen LogP contribution >= 0.6 is 0 Å². The van der Waals surface area contributed by atoms with Gasteiger partial charge in [-0.1, -0.05) is 0 Å². The molecule has 0 spiro atoms. The number of anilines is 2. The number of hydrogen-bond donors (Lipinski definition) is 2. The number of carbonyl (C=O) groups is 1. The molecule has 0 aliphatic heterocycles. The minimum absolute atomic E-state index is 0.233. The van der Waals surface area contributed by atoms with Crippen molar-refractivity contribution in [3.05, 3.63) is 71.2 Å². The van der Waals surface area contributed by atoms with Gasteiger partial charge in [-0.3, -0.25) is 9.52 Å². The summed E-state index contributed by atoms with van der Waals surface area (Å²) < 4.78 is 45.9. The largest absolute Gasteiger partial charge is 0.467 e. The molecule has 0 saturated carbocycles. The Morgan fingerprint density at radius 1 is 1.21 bits per heavy atom. The van der Waals surface area contributed by atoms with E-state index in [0.717, 1.165) is 29.5 Å². The molecule has 7 nitrogen and oxygen atoms in total. The van der Waals surface area contributed by atoms with Gasteiger partial charge in [0.25, 0.3) is 5.91 Å². The fourth-order valence-electron chi connectivity index (χ4n) is 2.91. The summed E-state index contributed by atoms with van der Waals surface area (Å²) in [4.78, 5) is 12.7. The average molecular weight is 405 g/mol. The Labute approximate surface area is 162 Å². The number of sulfonamides is 1. The van der Waals surface area contributed by atoms with Gasteiger partial charge >= 0.3 is 0 Å². The first-order valence-corrected chi connectivity index (χ1v) is 10.3. The van der Waals surface area contributed by atoms with E-state index in [4.69, 9.17) is 4.42 Å². The summed E-state index contributed by atoms with van der Waals surface area (Å²) in [5.41, 5.74) is 2.14. The van der Waals surface area contributed by atoms with Crippen LogP contribution in [0.1, 0.15) is 27.5 Å². The second-order valence-electron chi connectivity index (χ2n) is 6.47. The third-order valence-corrected chi connectivity index (χ3v) is 4.82. The first-order valence-electron chi connectivity index (χ1n) is 8.42. The maximum atomic E-state index is 13.8. The molecule has 1 aromatic carbocycles. The lowest BCUT2D eigenvalue weighted by atomic mass is 10.2. The summed E-state index contributed by atoms with van der Waals surface area (Å²) in [6.07, 6.45) is 2.51. The molecule has 0 bridgehead atoms. The number of halogens is 1. The van der Waals surface area contributed by atoms with Crippen LogP contribution in [0.5, 0.6) is 0 Å². The van der Waals surface area contributed by atoms with Crippen molar-refractivity contribution in [2.75, 3.05) is 16.3 Å². The molecule has 2 N–H and O–H groups in total. The Hall–Kier alpha value is -3.07. The number of amides is 1. The SMILES string of the molecule is Cc1cc(C(=O)Nc2ccc(F)c(NS(C)(=O)=O)c2)c(C)n1Cc1ccco1. The molecule has 1 amide bonds. The summed E-state index contributed by atoms with van der Waals surface area (Å²) in [7, 11) is -3.65. The van der Waals surface area contributed by atoms with Crippen LogP contribution in [0.25, 0.3) is 0 Å². The molecule has 2 heterocycles. The summed E-state index contributed by atoms with van der Waals surface area (Å²) in [6.45, 7) is 4.21. The topological polar surface area (TPSA) is 93.3 Å². The van der Waals surface area contributed by atoms with Crippen molar-refractivity contribution >= 4 is 27.3 Å². The van der Waals surface area contributed by atoms with E-state index in [0.29, 0.717) is 12.1 Å². The molecule has 0 fully saturated rings. The molecular formula is C19H20FN3O4S. The van der Waals surface area contributed by atoms with Crippen molar-refractivity contribution in [3.8, 4) is 0 Å². The zero-order valence-electron chi connectivity index (χ0n) is 15.6. The van der Waals surface area contributed by atoms with Gasteiger partial charge in [-0.05, 0) is 50.2 Å². The molecule has 0 aliphatic carbocycles. The van der Waals surface area contributed by atoms with Crippen LogP contribution in [0.4, 0.5) is 15.8 Å². The number of aromatic nitrogens is 1. The average Bonchev–Trinajstić information content (AvgIpc) is 3.20. The van der Waals surface area contributed by atoms with Crippen LogP contribution in [0.15, 0.2) is 47.1 Å². The van der Waals surface area contributed by atoms with E-state index >= 15 is 0 Å². The Morgan fingerprint density at radius 2 is 1.96 bits per heavy atom. The van der Waals surface area contributed by atoms with E-state index in [9.17, 15) is 17.6 Å². The first-order chi connectivity index (χ1) is 13.1. The van der Waals surface area contributed by atoms with Crippen molar-refractivity contribution < 1.29 is 22.0 Å². The molecule has 0 unspecified atom stereocenters. The summed E-state index contributed by atoms with van der Waals surface area (Å²) in [6, 6.07) is 9.09. The molecule has 148 valence electrons. The maximum absolute atomic E-state index is 13.8. The van der Waals surface area contributed by atoms with Crippen molar-refractivity contribution in [3.63, 3.8) is 0 Å². The number of aryl methyl sites for hydroxylation is 1. The molecule has 3 aromatic rings. The van der Waals surface area contributed by atoms with Gasteiger partial charge in [0.1, 0.15) is 11.6 Å². The Bertz CT molecular complexity index is 1120. The van der Waals surface area contributed by atoms with Crippen molar-refractivity contribution in [1.29, 1.82) is 0 Å². The number of carbonyl (C=O) groups excluding carboxylic acids is 1. The molecule has 0 atom stereocenters. The maximum Gasteiger partial charge on any atom is 0.257 e. The van der Waals surface area contributed by atoms with E-state index in [1.54, 1.807) is 18.4 Å². The predicted molar refractivity (Wildman–Crippen MR) is 105 cm³/mol. The standard InChI is InChI=1S/C19H20FN3O4S/c1-12-9-16(13(2)23(12)11-15-5-4-8-27-15)19(24)21-14-6-7-17(20)18(10-14)22-28(3,25)26/h4-10,22H,11H2,1-3H3,(H,21,24). The fourth-order valence-corrected chi connectivity index (χ4v) is 3.47. The minimum atomic E-state index is -3.65. The van der Waals surface area contributed by atoms with Gasteiger partial charge in [-0.15, -0.1) is 0 Å². The predicted octanol–water partition coefficient (Wildman–Crippen LogP) is 3.51. The fraction of sp³-hybridized carbons (Fsp3) is 0.211. The van der Waals surface area contributed by atoms with E-state index in [1.807, 2.05) is 24.5 Å². The third-order valence-electron chi connectivity index (χ3n) is 4.23. The Morgan fingerprint density at radius 3 is 2.61 bits per heavy atom. The van der Waals surface area contributed by atoms with Gasteiger partial charge in [0.05, 0.1) is 30.3 Å². The number of nitrogens with zero attached hydrogens (tertiary/aromatic N) is 1.